The number of benzene rings is 2. The number of hydrogen-bond donors (Lipinski definition) is 1. The van der Waals surface area contributed by atoms with Gasteiger partial charge in [0, 0.05) is 62.5 Å². The lowest BCUT2D eigenvalue weighted by atomic mass is 9.85. The summed E-state index contributed by atoms with van der Waals surface area (Å²) in [7, 11) is 2.15. The number of aromatic nitrogens is 1. The first kappa shape index (κ1) is 34.2. The first-order chi connectivity index (χ1) is 20.4. The topological polar surface area (TPSA) is 78.7 Å². The van der Waals surface area contributed by atoms with Crippen LogP contribution in [0.1, 0.15) is 111 Å². The predicted octanol–water partition coefficient (Wildman–Crippen LogP) is 8.13. The number of ketones is 1. The van der Waals surface area contributed by atoms with Gasteiger partial charge in [-0.25, -0.2) is 0 Å². The Bertz CT molecular complexity index is 1340. The Morgan fingerprint density at radius 2 is 1.60 bits per heavy atom. The van der Waals surface area contributed by atoms with Gasteiger partial charge >= 0.3 is 0 Å². The van der Waals surface area contributed by atoms with Crippen LogP contribution in [0.15, 0.2) is 47.0 Å². The smallest absolute Gasteiger partial charge is 0.255 e. The first-order valence-corrected chi connectivity index (χ1v) is 15.9. The molecule has 1 N–H and O–H groups in total. The third-order valence-electron chi connectivity index (χ3n) is 7.96. The number of nitrogens with zero attached hydrogens (tertiary/aromatic N) is 3. The molecule has 0 spiro atoms. The largest absolute Gasteiger partial charge is 0.353 e. The number of carbonyl (C=O) groups is 2. The first-order valence-electron chi connectivity index (χ1n) is 15.9. The molecule has 0 unspecified atom stereocenters. The van der Waals surface area contributed by atoms with E-state index in [0.29, 0.717) is 16.9 Å². The van der Waals surface area contributed by atoms with Gasteiger partial charge in [0.15, 0.2) is 5.78 Å². The van der Waals surface area contributed by atoms with Crippen LogP contribution in [-0.4, -0.2) is 59.9 Å². The van der Waals surface area contributed by atoms with Crippen molar-refractivity contribution < 1.29 is 14.1 Å². The Kier molecular flexibility index (Phi) is 12.7. The summed E-state index contributed by atoms with van der Waals surface area (Å²) in [6.45, 7) is 19.4. The molecule has 1 fully saturated rings. The van der Waals surface area contributed by atoms with Crippen molar-refractivity contribution in [2.75, 3.05) is 38.5 Å². The molecule has 234 valence electrons. The summed E-state index contributed by atoms with van der Waals surface area (Å²) >= 11 is 0. The van der Waals surface area contributed by atoms with Gasteiger partial charge < -0.3 is 14.7 Å². The number of unbranched alkanes of at least 4 members (excludes halogenated alkanes) is 4. The molecule has 7 heteroatoms. The Morgan fingerprint density at radius 1 is 0.930 bits per heavy atom. The molecular weight excluding hydrogens is 536 g/mol. The summed E-state index contributed by atoms with van der Waals surface area (Å²) in [5, 5.41) is 7.10. The SMILES string of the molecule is CC(=O)c1cc(-c2cc(NC(=O)c3cc(CN4CCN(C)CC4)cc(C(C)(C)C)c3)ccc2C)no1.CCCCCCC. The van der Waals surface area contributed by atoms with Gasteiger partial charge in [-0.1, -0.05) is 84.0 Å². The summed E-state index contributed by atoms with van der Waals surface area (Å²) < 4.78 is 5.16. The van der Waals surface area contributed by atoms with Crippen molar-refractivity contribution in [1.82, 2.24) is 15.0 Å². The maximum Gasteiger partial charge on any atom is 0.255 e. The molecule has 0 atom stereocenters. The molecule has 43 heavy (non-hydrogen) atoms. The Labute approximate surface area is 259 Å². The standard InChI is InChI=1S/C29H36N4O3.C7H16/c1-19-7-8-24(16-25(19)26-17-27(20(2)34)36-31-26)30-28(35)22-13-21(14-23(15-22)29(3,4)5)18-33-11-9-32(6)10-12-33;1-3-5-7-6-4-2/h7-8,13-17H,9-12,18H2,1-6H3,(H,30,35);3-7H2,1-2H3. The monoisotopic (exact) mass is 588 g/mol. The van der Waals surface area contributed by atoms with Gasteiger partial charge in [0.25, 0.3) is 5.91 Å². The van der Waals surface area contributed by atoms with Crippen molar-refractivity contribution in [3.63, 3.8) is 0 Å². The molecule has 7 nitrogen and oxygen atoms in total. The number of amides is 1. The number of hydrogen-bond acceptors (Lipinski definition) is 6. The fraction of sp³-hybridized carbons (Fsp3) is 0.528. The van der Waals surface area contributed by atoms with E-state index >= 15 is 0 Å². The Hall–Kier alpha value is -3.29. The van der Waals surface area contributed by atoms with Crippen molar-refractivity contribution in [3.05, 3.63) is 70.5 Å². The van der Waals surface area contributed by atoms with Crippen LogP contribution in [0.4, 0.5) is 5.69 Å². The number of likely N-dealkylation sites (N-methyl/N-ethyl adjacent to an activating group) is 1. The molecule has 1 amide bonds. The van der Waals surface area contributed by atoms with E-state index in [2.05, 4.69) is 68.0 Å². The molecule has 2 heterocycles. The molecule has 1 aliphatic heterocycles. The van der Waals surface area contributed by atoms with Gasteiger partial charge in [-0.15, -0.1) is 0 Å². The van der Waals surface area contributed by atoms with Crippen LogP contribution in [0, 0.1) is 6.92 Å². The second-order valence-electron chi connectivity index (χ2n) is 12.9. The molecule has 3 aromatic rings. The highest BCUT2D eigenvalue weighted by Gasteiger charge is 2.20. The van der Waals surface area contributed by atoms with Crippen LogP contribution >= 0.6 is 0 Å². The van der Waals surface area contributed by atoms with E-state index in [4.69, 9.17) is 4.52 Å². The highest BCUT2D eigenvalue weighted by atomic mass is 16.5. The summed E-state index contributed by atoms with van der Waals surface area (Å²) in [5.41, 5.74) is 5.88. The fourth-order valence-corrected chi connectivity index (χ4v) is 5.04. The van der Waals surface area contributed by atoms with E-state index in [-0.39, 0.29) is 22.9 Å². The van der Waals surface area contributed by atoms with E-state index in [0.717, 1.165) is 55.0 Å². The van der Waals surface area contributed by atoms with E-state index in [1.54, 1.807) is 6.07 Å². The number of piperazine rings is 1. The predicted molar refractivity (Wildman–Crippen MR) is 177 cm³/mol. The van der Waals surface area contributed by atoms with Gasteiger partial charge in [0.05, 0.1) is 0 Å². The van der Waals surface area contributed by atoms with Crippen molar-refractivity contribution in [3.8, 4) is 11.3 Å². The van der Waals surface area contributed by atoms with Crippen molar-refractivity contribution >= 4 is 17.4 Å². The second-order valence-corrected chi connectivity index (χ2v) is 12.9. The molecule has 1 aliphatic rings. The quantitative estimate of drug-likeness (QED) is 0.190. The van der Waals surface area contributed by atoms with Crippen molar-refractivity contribution in [2.45, 2.75) is 92.5 Å². The average molecular weight is 589 g/mol. The zero-order valence-electron chi connectivity index (χ0n) is 27.7. The van der Waals surface area contributed by atoms with E-state index < -0.39 is 0 Å². The minimum absolute atomic E-state index is 0.0778. The summed E-state index contributed by atoms with van der Waals surface area (Å²) in [6.07, 6.45) is 7.01. The maximum atomic E-state index is 13.4. The van der Waals surface area contributed by atoms with Crippen molar-refractivity contribution in [2.24, 2.45) is 0 Å². The molecule has 0 bridgehead atoms. The number of rotatable bonds is 10. The van der Waals surface area contributed by atoms with Crippen LogP contribution in [0.2, 0.25) is 0 Å². The summed E-state index contributed by atoms with van der Waals surface area (Å²) in [6, 6.07) is 13.5. The molecule has 0 saturated carbocycles. The Balaban J connectivity index is 0.000000646. The van der Waals surface area contributed by atoms with Gasteiger partial charge in [-0.2, -0.15) is 0 Å². The highest BCUT2D eigenvalue weighted by molar-refractivity contribution is 6.05. The molecule has 4 rings (SSSR count). The fourth-order valence-electron chi connectivity index (χ4n) is 5.04. The van der Waals surface area contributed by atoms with E-state index in [1.807, 2.05) is 37.3 Å². The lowest BCUT2D eigenvalue weighted by Gasteiger charge is -2.32. The molecule has 1 aromatic heterocycles. The summed E-state index contributed by atoms with van der Waals surface area (Å²) in [5.74, 6) is -0.118. The lowest BCUT2D eigenvalue weighted by Crippen LogP contribution is -2.43. The van der Waals surface area contributed by atoms with Gasteiger partial charge in [0.2, 0.25) is 5.76 Å². The normalized spacial score (nSPS) is 14.2. The highest BCUT2D eigenvalue weighted by Crippen LogP contribution is 2.29. The van der Waals surface area contributed by atoms with E-state index in [1.165, 1.54) is 39.0 Å². The summed E-state index contributed by atoms with van der Waals surface area (Å²) in [4.78, 5) is 29.8. The van der Waals surface area contributed by atoms with Gasteiger partial charge in [0.1, 0.15) is 5.69 Å². The third-order valence-corrected chi connectivity index (χ3v) is 7.96. The Morgan fingerprint density at radius 3 is 2.19 bits per heavy atom. The van der Waals surface area contributed by atoms with Gasteiger partial charge in [-0.05, 0) is 60.3 Å². The van der Waals surface area contributed by atoms with Crippen molar-refractivity contribution in [1.29, 1.82) is 0 Å². The minimum atomic E-state index is -0.179. The zero-order valence-corrected chi connectivity index (χ0v) is 27.7. The molecular formula is C36H52N4O3. The number of Topliss-reactive ketones (excluding diaryl/α,β-unsaturated/α-hetero) is 1. The van der Waals surface area contributed by atoms with Crippen LogP contribution in [0.25, 0.3) is 11.3 Å². The molecule has 2 aromatic carbocycles. The zero-order chi connectivity index (χ0) is 31.6. The number of aryl methyl sites for hydroxylation is 1. The van der Waals surface area contributed by atoms with Crippen LogP contribution < -0.4 is 5.32 Å². The second kappa shape index (κ2) is 16.0. The van der Waals surface area contributed by atoms with Crippen LogP contribution in [0.3, 0.4) is 0 Å². The number of anilines is 1. The minimum Gasteiger partial charge on any atom is -0.353 e. The van der Waals surface area contributed by atoms with E-state index in [9.17, 15) is 9.59 Å². The lowest BCUT2D eigenvalue weighted by molar-refractivity contribution is 0.0977. The van der Waals surface area contributed by atoms with Crippen LogP contribution in [-0.2, 0) is 12.0 Å². The average Bonchev–Trinajstić information content (AvgIpc) is 3.46. The molecule has 1 saturated heterocycles. The molecule has 0 radical (unpaired) electrons. The van der Waals surface area contributed by atoms with Crippen LogP contribution in [0.5, 0.6) is 0 Å². The van der Waals surface area contributed by atoms with Gasteiger partial charge in [-0.3, -0.25) is 14.5 Å². The number of carbonyl (C=O) groups excluding carboxylic acids is 2. The maximum absolute atomic E-state index is 13.4. The third kappa shape index (κ3) is 10.4. The molecule has 0 aliphatic carbocycles. The number of nitrogens with one attached hydrogen (secondary N) is 1.